The molecule has 2 heteroatoms. The molecule has 1 radical (unpaired) electrons. The van der Waals surface area contributed by atoms with Crippen molar-refractivity contribution in [2.45, 2.75) is 52.9 Å². The van der Waals surface area contributed by atoms with Gasteiger partial charge in [-0.1, -0.05) is 27.2 Å². The van der Waals surface area contributed by atoms with Gasteiger partial charge in [0.1, 0.15) is 0 Å². The van der Waals surface area contributed by atoms with Gasteiger partial charge in [-0.2, -0.15) is 0 Å². The van der Waals surface area contributed by atoms with Crippen molar-refractivity contribution in [3.63, 3.8) is 0 Å². The van der Waals surface area contributed by atoms with Crippen molar-refractivity contribution < 1.29 is 9.53 Å². The van der Waals surface area contributed by atoms with Crippen LogP contribution in [-0.2, 0) is 9.53 Å². The second-order valence-electron chi connectivity index (χ2n) is 3.21. The van der Waals surface area contributed by atoms with Gasteiger partial charge in [-0.3, -0.25) is 4.79 Å². The molecule has 0 spiro atoms. The van der Waals surface area contributed by atoms with E-state index >= 15 is 0 Å². The third-order valence-corrected chi connectivity index (χ3v) is 2.16. The van der Waals surface area contributed by atoms with Crippen molar-refractivity contribution in [2.75, 3.05) is 6.61 Å². The Labute approximate surface area is 81.7 Å². The summed E-state index contributed by atoms with van der Waals surface area (Å²) in [7, 11) is 0. The summed E-state index contributed by atoms with van der Waals surface area (Å²) in [6.07, 6.45) is 4.53. The number of unbranched alkanes of at least 4 members (excludes halogenated alkanes) is 1. The van der Waals surface area contributed by atoms with Gasteiger partial charge < -0.3 is 4.74 Å². The van der Waals surface area contributed by atoms with Crippen LogP contribution in [0.4, 0.5) is 0 Å². The van der Waals surface area contributed by atoms with E-state index in [2.05, 4.69) is 20.8 Å². The Morgan fingerprint density at radius 1 is 1.15 bits per heavy atom. The number of rotatable bonds is 7. The minimum absolute atomic E-state index is 0.0628. The monoisotopic (exact) mass is 185 g/mol. The molecule has 0 unspecified atom stereocenters. The van der Waals surface area contributed by atoms with E-state index in [-0.39, 0.29) is 5.97 Å². The summed E-state index contributed by atoms with van der Waals surface area (Å²) in [6, 6.07) is 0. The van der Waals surface area contributed by atoms with Crippen LogP contribution in [0.3, 0.4) is 0 Å². The Balaban J connectivity index is 3.48. The zero-order chi connectivity index (χ0) is 10.1. The fourth-order valence-corrected chi connectivity index (χ4v) is 1.09. The van der Waals surface area contributed by atoms with Crippen LogP contribution in [0, 0.1) is 5.92 Å². The highest BCUT2D eigenvalue weighted by Crippen LogP contribution is 2.15. The van der Waals surface area contributed by atoms with Crippen molar-refractivity contribution >= 4 is 5.97 Å². The lowest BCUT2D eigenvalue weighted by atomic mass is 10.00. The predicted octanol–water partition coefficient (Wildman–Crippen LogP) is 3.11. The van der Waals surface area contributed by atoms with E-state index in [1.807, 2.05) is 0 Å². The molecule has 0 saturated carbocycles. The normalized spacial score (nSPS) is 10.5. The SMILES string of the molecule is CCCCOC(=O)C[C](CC)CC. The summed E-state index contributed by atoms with van der Waals surface area (Å²) in [5, 5.41) is 0. The van der Waals surface area contributed by atoms with E-state index in [9.17, 15) is 4.79 Å². The lowest BCUT2D eigenvalue weighted by molar-refractivity contribution is -0.143. The number of hydrogen-bond donors (Lipinski definition) is 0. The zero-order valence-corrected chi connectivity index (χ0v) is 9.06. The molecule has 0 aromatic rings. The highest BCUT2D eigenvalue weighted by molar-refractivity contribution is 5.71. The first kappa shape index (κ1) is 12.5. The van der Waals surface area contributed by atoms with Gasteiger partial charge >= 0.3 is 5.97 Å². The minimum atomic E-state index is -0.0628. The highest BCUT2D eigenvalue weighted by atomic mass is 16.5. The molecule has 77 valence electrons. The van der Waals surface area contributed by atoms with Crippen LogP contribution in [0.5, 0.6) is 0 Å². The number of carbonyl (C=O) groups excluding carboxylic acids is 1. The Morgan fingerprint density at radius 3 is 2.23 bits per heavy atom. The van der Waals surface area contributed by atoms with Crippen LogP contribution < -0.4 is 0 Å². The molecule has 0 atom stereocenters. The van der Waals surface area contributed by atoms with Gasteiger partial charge in [0.25, 0.3) is 0 Å². The first-order valence-corrected chi connectivity index (χ1v) is 5.23. The molecule has 2 nitrogen and oxygen atoms in total. The van der Waals surface area contributed by atoms with Crippen LogP contribution in [0.25, 0.3) is 0 Å². The smallest absolute Gasteiger partial charge is 0.306 e. The Kier molecular flexibility index (Phi) is 7.76. The molecule has 0 aliphatic carbocycles. The second kappa shape index (κ2) is 8.09. The summed E-state index contributed by atoms with van der Waals surface area (Å²) in [6.45, 7) is 6.83. The summed E-state index contributed by atoms with van der Waals surface area (Å²) in [4.78, 5) is 11.2. The van der Waals surface area contributed by atoms with Gasteiger partial charge in [0.15, 0.2) is 0 Å². The van der Waals surface area contributed by atoms with E-state index in [1.165, 1.54) is 5.92 Å². The average Bonchev–Trinajstić information content (AvgIpc) is 2.14. The van der Waals surface area contributed by atoms with Crippen LogP contribution >= 0.6 is 0 Å². The van der Waals surface area contributed by atoms with Crippen molar-refractivity contribution in [3.05, 3.63) is 5.92 Å². The van der Waals surface area contributed by atoms with Gasteiger partial charge in [-0.15, -0.1) is 0 Å². The molecule has 0 amide bonds. The van der Waals surface area contributed by atoms with Crippen molar-refractivity contribution in [1.82, 2.24) is 0 Å². The number of carbonyl (C=O) groups is 1. The molecular weight excluding hydrogens is 164 g/mol. The standard InChI is InChI=1S/C11H21O2/c1-4-7-8-13-11(12)9-10(5-2)6-3/h4-9H2,1-3H3. The summed E-state index contributed by atoms with van der Waals surface area (Å²) < 4.78 is 5.06. The molecular formula is C11H21O2. The van der Waals surface area contributed by atoms with Crippen molar-refractivity contribution in [1.29, 1.82) is 0 Å². The fraction of sp³-hybridized carbons (Fsp3) is 0.818. The van der Waals surface area contributed by atoms with Crippen LogP contribution in [-0.4, -0.2) is 12.6 Å². The molecule has 0 aromatic carbocycles. The number of hydrogen-bond acceptors (Lipinski definition) is 2. The Morgan fingerprint density at radius 2 is 1.77 bits per heavy atom. The van der Waals surface area contributed by atoms with Gasteiger partial charge in [0.2, 0.25) is 0 Å². The second-order valence-corrected chi connectivity index (χ2v) is 3.21. The molecule has 0 rings (SSSR count). The lowest BCUT2D eigenvalue weighted by Crippen LogP contribution is -2.10. The number of ether oxygens (including phenoxy) is 1. The summed E-state index contributed by atoms with van der Waals surface area (Å²) in [5.41, 5.74) is 0. The predicted molar refractivity (Wildman–Crippen MR) is 54.3 cm³/mol. The van der Waals surface area contributed by atoms with Gasteiger partial charge in [0.05, 0.1) is 13.0 Å². The van der Waals surface area contributed by atoms with E-state index in [0.717, 1.165) is 25.7 Å². The van der Waals surface area contributed by atoms with E-state index in [0.29, 0.717) is 13.0 Å². The summed E-state index contributed by atoms with van der Waals surface area (Å²) >= 11 is 0. The maximum absolute atomic E-state index is 11.2. The molecule has 0 heterocycles. The summed E-state index contributed by atoms with van der Waals surface area (Å²) in [5.74, 6) is 1.22. The van der Waals surface area contributed by atoms with Crippen LogP contribution in [0.2, 0.25) is 0 Å². The lowest BCUT2D eigenvalue weighted by Gasteiger charge is -2.10. The molecule has 0 aromatic heterocycles. The van der Waals surface area contributed by atoms with Crippen LogP contribution in [0.15, 0.2) is 0 Å². The zero-order valence-electron chi connectivity index (χ0n) is 9.06. The first-order chi connectivity index (χ1) is 6.24. The van der Waals surface area contributed by atoms with E-state index in [1.54, 1.807) is 0 Å². The average molecular weight is 185 g/mol. The van der Waals surface area contributed by atoms with E-state index in [4.69, 9.17) is 4.74 Å². The topological polar surface area (TPSA) is 26.3 Å². The highest BCUT2D eigenvalue weighted by Gasteiger charge is 2.11. The molecule has 0 fully saturated rings. The molecule has 0 aliphatic heterocycles. The maximum Gasteiger partial charge on any atom is 0.306 e. The fourth-order valence-electron chi connectivity index (χ4n) is 1.09. The van der Waals surface area contributed by atoms with Crippen molar-refractivity contribution in [2.24, 2.45) is 0 Å². The molecule has 0 aliphatic rings. The van der Waals surface area contributed by atoms with Gasteiger partial charge in [-0.05, 0) is 25.2 Å². The van der Waals surface area contributed by atoms with Crippen LogP contribution in [0.1, 0.15) is 52.9 Å². The largest absolute Gasteiger partial charge is 0.466 e. The molecule has 13 heavy (non-hydrogen) atoms. The van der Waals surface area contributed by atoms with Gasteiger partial charge in [-0.25, -0.2) is 0 Å². The third-order valence-electron chi connectivity index (χ3n) is 2.16. The molecule has 0 N–H and O–H groups in total. The Hall–Kier alpha value is -0.530. The third kappa shape index (κ3) is 6.62. The maximum atomic E-state index is 11.2. The number of esters is 1. The van der Waals surface area contributed by atoms with Gasteiger partial charge in [0, 0.05) is 0 Å². The first-order valence-electron chi connectivity index (χ1n) is 5.23. The van der Waals surface area contributed by atoms with Crippen molar-refractivity contribution in [3.8, 4) is 0 Å². The molecule has 0 bridgehead atoms. The van der Waals surface area contributed by atoms with E-state index < -0.39 is 0 Å². The minimum Gasteiger partial charge on any atom is -0.466 e. The quantitative estimate of drug-likeness (QED) is 0.450. The molecule has 0 saturated heterocycles. The Bertz CT molecular complexity index is 128.